The molecule has 0 bridgehead atoms. The van der Waals surface area contributed by atoms with Crippen LogP contribution in [0.5, 0.6) is 5.75 Å². The Kier molecular flexibility index (Phi) is 3.65. The first-order valence-corrected chi connectivity index (χ1v) is 4.52. The minimum Gasteiger partial charge on any atom is -0.508 e. The molecule has 0 atom stereocenters. The highest BCUT2D eigenvalue weighted by Crippen LogP contribution is 2.12. The highest BCUT2D eigenvalue weighted by molar-refractivity contribution is 5.26. The Morgan fingerprint density at radius 2 is 2.25 bits per heavy atom. The van der Waals surface area contributed by atoms with Gasteiger partial charge in [-0.15, -0.1) is 0 Å². The van der Waals surface area contributed by atoms with Crippen molar-refractivity contribution < 1.29 is 5.11 Å². The van der Waals surface area contributed by atoms with E-state index in [1.165, 1.54) is 19.3 Å². The maximum absolute atomic E-state index is 9.15. The lowest BCUT2D eigenvalue weighted by atomic mass is 10.1. The van der Waals surface area contributed by atoms with E-state index in [-0.39, 0.29) is 0 Å². The largest absolute Gasteiger partial charge is 0.508 e. The van der Waals surface area contributed by atoms with Crippen LogP contribution in [0.1, 0.15) is 31.7 Å². The van der Waals surface area contributed by atoms with Crippen LogP contribution in [-0.2, 0) is 6.42 Å². The van der Waals surface area contributed by atoms with Crippen molar-refractivity contribution in [2.45, 2.75) is 32.6 Å². The summed E-state index contributed by atoms with van der Waals surface area (Å²) in [6.45, 7) is 2.19. The molecule has 0 fully saturated rings. The van der Waals surface area contributed by atoms with Crippen molar-refractivity contribution in [3.05, 3.63) is 29.8 Å². The quantitative estimate of drug-likeness (QED) is 0.676. The predicted molar refractivity (Wildman–Crippen MR) is 50.2 cm³/mol. The summed E-state index contributed by atoms with van der Waals surface area (Å²) in [5.74, 6) is 0.347. The van der Waals surface area contributed by atoms with Gasteiger partial charge in [0.05, 0.1) is 0 Å². The molecule has 0 aliphatic rings. The van der Waals surface area contributed by atoms with Gasteiger partial charge in [-0.1, -0.05) is 25.8 Å². The van der Waals surface area contributed by atoms with Gasteiger partial charge in [0, 0.05) is 0 Å². The minimum atomic E-state index is 0.347. The van der Waals surface area contributed by atoms with E-state index >= 15 is 0 Å². The van der Waals surface area contributed by atoms with Gasteiger partial charge in [-0.05, 0) is 36.6 Å². The molecule has 1 heteroatoms. The Morgan fingerprint density at radius 3 is 2.92 bits per heavy atom. The van der Waals surface area contributed by atoms with Crippen LogP contribution in [0.4, 0.5) is 0 Å². The Balaban J connectivity index is 2.41. The van der Waals surface area contributed by atoms with Crippen molar-refractivity contribution in [2.75, 3.05) is 0 Å². The van der Waals surface area contributed by atoms with E-state index in [4.69, 9.17) is 5.11 Å². The van der Waals surface area contributed by atoms with E-state index in [0.717, 1.165) is 12.0 Å². The third-order valence-corrected chi connectivity index (χ3v) is 1.89. The maximum Gasteiger partial charge on any atom is 0.115 e. The lowest BCUT2D eigenvalue weighted by Gasteiger charge is -1.99. The Bertz CT molecular complexity index is 230. The number of hydrogen-bond acceptors (Lipinski definition) is 1. The standard InChI is InChI=1S/C11H15O/c1-2-3-4-6-10-7-5-8-11(12)9-10/h5,8-9,12H,2-4,6H2,1H3. The smallest absolute Gasteiger partial charge is 0.115 e. The third-order valence-electron chi connectivity index (χ3n) is 1.89. The lowest BCUT2D eigenvalue weighted by molar-refractivity contribution is 0.474. The summed E-state index contributed by atoms with van der Waals surface area (Å²) in [5.41, 5.74) is 1.11. The first kappa shape index (κ1) is 9.11. The molecular weight excluding hydrogens is 148 g/mol. The molecule has 0 aliphatic heterocycles. The summed E-state index contributed by atoms with van der Waals surface area (Å²) in [4.78, 5) is 0. The molecular formula is C11H15O. The molecule has 0 aliphatic carbocycles. The summed E-state index contributed by atoms with van der Waals surface area (Å²) in [6, 6.07) is 8.33. The fourth-order valence-corrected chi connectivity index (χ4v) is 1.21. The lowest BCUT2D eigenvalue weighted by Crippen LogP contribution is -1.84. The summed E-state index contributed by atoms with van der Waals surface area (Å²) < 4.78 is 0. The minimum absolute atomic E-state index is 0.347. The van der Waals surface area contributed by atoms with Gasteiger partial charge in [-0.25, -0.2) is 0 Å². The zero-order chi connectivity index (χ0) is 8.81. The number of phenols is 1. The predicted octanol–water partition coefficient (Wildman–Crippen LogP) is 2.93. The molecule has 0 saturated carbocycles. The van der Waals surface area contributed by atoms with Crippen LogP contribution in [0.2, 0.25) is 0 Å². The number of aromatic hydroxyl groups is 1. The summed E-state index contributed by atoms with van der Waals surface area (Å²) in [5, 5.41) is 9.15. The van der Waals surface area contributed by atoms with Crippen LogP contribution in [0, 0.1) is 6.07 Å². The van der Waals surface area contributed by atoms with Crippen molar-refractivity contribution in [1.29, 1.82) is 0 Å². The van der Waals surface area contributed by atoms with E-state index in [9.17, 15) is 0 Å². The zero-order valence-corrected chi connectivity index (χ0v) is 7.51. The number of rotatable bonds is 4. The van der Waals surface area contributed by atoms with E-state index in [1.807, 2.05) is 0 Å². The SMILES string of the molecule is CCCCCc1[c]ccc(O)c1. The van der Waals surface area contributed by atoms with Crippen LogP contribution in [0.25, 0.3) is 0 Å². The highest BCUT2D eigenvalue weighted by atomic mass is 16.3. The van der Waals surface area contributed by atoms with Crippen molar-refractivity contribution in [3.8, 4) is 5.75 Å². The van der Waals surface area contributed by atoms with Crippen LogP contribution < -0.4 is 0 Å². The average molecular weight is 163 g/mol. The molecule has 12 heavy (non-hydrogen) atoms. The van der Waals surface area contributed by atoms with Gasteiger partial charge in [-0.2, -0.15) is 0 Å². The van der Waals surface area contributed by atoms with E-state index in [0.29, 0.717) is 5.75 Å². The molecule has 0 saturated heterocycles. The monoisotopic (exact) mass is 163 g/mol. The van der Waals surface area contributed by atoms with Crippen molar-refractivity contribution >= 4 is 0 Å². The molecule has 1 nitrogen and oxygen atoms in total. The molecule has 1 N–H and O–H groups in total. The van der Waals surface area contributed by atoms with Crippen molar-refractivity contribution in [2.24, 2.45) is 0 Å². The fourth-order valence-electron chi connectivity index (χ4n) is 1.21. The normalized spacial score (nSPS) is 10.1. The zero-order valence-electron chi connectivity index (χ0n) is 7.51. The van der Waals surface area contributed by atoms with Crippen LogP contribution in [0.15, 0.2) is 18.2 Å². The number of unbranched alkanes of at least 4 members (excludes halogenated alkanes) is 2. The number of aryl methyl sites for hydroxylation is 1. The molecule has 1 radical (unpaired) electrons. The third kappa shape index (κ3) is 2.95. The molecule has 0 unspecified atom stereocenters. The Morgan fingerprint density at radius 1 is 1.42 bits per heavy atom. The van der Waals surface area contributed by atoms with Crippen molar-refractivity contribution in [3.63, 3.8) is 0 Å². The molecule has 1 rings (SSSR count). The van der Waals surface area contributed by atoms with Gasteiger partial charge >= 0.3 is 0 Å². The Labute approximate surface area is 74.1 Å². The molecule has 0 amide bonds. The molecule has 0 heterocycles. The first-order chi connectivity index (χ1) is 5.83. The summed E-state index contributed by atoms with van der Waals surface area (Å²) in [7, 11) is 0. The number of hydrogen-bond donors (Lipinski definition) is 1. The summed E-state index contributed by atoms with van der Waals surface area (Å²) >= 11 is 0. The molecule has 65 valence electrons. The maximum atomic E-state index is 9.15. The van der Waals surface area contributed by atoms with Crippen LogP contribution in [0.3, 0.4) is 0 Å². The first-order valence-electron chi connectivity index (χ1n) is 4.52. The van der Waals surface area contributed by atoms with Crippen LogP contribution in [-0.4, -0.2) is 5.11 Å². The molecule has 1 aromatic rings. The fraction of sp³-hybridized carbons (Fsp3) is 0.455. The van der Waals surface area contributed by atoms with Crippen molar-refractivity contribution in [1.82, 2.24) is 0 Å². The van der Waals surface area contributed by atoms with Gasteiger partial charge in [0.25, 0.3) is 0 Å². The molecule has 0 aromatic heterocycles. The highest BCUT2D eigenvalue weighted by Gasteiger charge is 1.93. The van der Waals surface area contributed by atoms with Gasteiger partial charge in [0.2, 0.25) is 0 Å². The molecule has 1 aromatic carbocycles. The number of phenolic OH excluding ortho intramolecular Hbond substituents is 1. The Hall–Kier alpha value is -0.980. The topological polar surface area (TPSA) is 20.2 Å². The molecule has 0 spiro atoms. The van der Waals surface area contributed by atoms with E-state index in [1.54, 1.807) is 18.2 Å². The second-order valence-corrected chi connectivity index (χ2v) is 3.03. The second-order valence-electron chi connectivity index (χ2n) is 3.03. The van der Waals surface area contributed by atoms with E-state index < -0.39 is 0 Å². The van der Waals surface area contributed by atoms with E-state index in [2.05, 4.69) is 13.0 Å². The van der Waals surface area contributed by atoms with Gasteiger partial charge < -0.3 is 5.11 Å². The second kappa shape index (κ2) is 4.81. The van der Waals surface area contributed by atoms with Crippen LogP contribution >= 0.6 is 0 Å². The average Bonchev–Trinajstić information content (AvgIpc) is 2.05. The summed E-state index contributed by atoms with van der Waals surface area (Å²) in [6.07, 6.45) is 4.71. The van der Waals surface area contributed by atoms with Gasteiger partial charge in [-0.3, -0.25) is 0 Å². The van der Waals surface area contributed by atoms with Gasteiger partial charge in [0.15, 0.2) is 0 Å². The van der Waals surface area contributed by atoms with Gasteiger partial charge in [0.1, 0.15) is 5.75 Å². The number of benzene rings is 1.